The number of nitrogens with zero attached hydrogens (tertiary/aromatic N) is 3. The number of nitrogens with two attached hydrogens (primary N) is 1. The van der Waals surface area contributed by atoms with Gasteiger partial charge in [0.1, 0.15) is 35.6 Å². The molecule has 3 atom stereocenters. The number of phenolic OH excluding ortho intramolecular Hbond substituents is 1. The Balaban J connectivity index is 0.000000820. The molecule has 2 heterocycles. The van der Waals surface area contributed by atoms with Crippen molar-refractivity contribution >= 4 is 29.7 Å². The molecule has 12 heteroatoms. The summed E-state index contributed by atoms with van der Waals surface area (Å²) in [6.07, 6.45) is 14.5. The maximum absolute atomic E-state index is 14.0. The van der Waals surface area contributed by atoms with Crippen LogP contribution in [0.3, 0.4) is 0 Å². The number of halogens is 2. The number of rotatable bonds is 17. The highest BCUT2D eigenvalue weighted by Gasteiger charge is 2.24. The van der Waals surface area contributed by atoms with E-state index in [1.807, 2.05) is 37.7 Å². The van der Waals surface area contributed by atoms with Crippen LogP contribution in [-0.2, 0) is 20.7 Å². The predicted molar refractivity (Wildman–Crippen MR) is 220 cm³/mol. The summed E-state index contributed by atoms with van der Waals surface area (Å²) < 4.78 is 27.5. The van der Waals surface area contributed by atoms with Crippen LogP contribution in [0, 0.1) is 5.82 Å². The normalized spacial score (nSPS) is 12.6. The molecule has 4 N–H and O–H groups in total. The van der Waals surface area contributed by atoms with Crippen LogP contribution in [0.2, 0.25) is 5.02 Å². The summed E-state index contributed by atoms with van der Waals surface area (Å²) in [5.41, 5.74) is 8.78. The van der Waals surface area contributed by atoms with Crippen molar-refractivity contribution in [1.82, 2.24) is 20.1 Å². The summed E-state index contributed by atoms with van der Waals surface area (Å²) >= 11 is 6.10. The number of hydrogen-bond acceptors (Lipinski definition) is 9. The van der Waals surface area contributed by atoms with E-state index in [1.165, 1.54) is 18.6 Å². The van der Waals surface area contributed by atoms with Gasteiger partial charge < -0.3 is 30.4 Å². The number of carbonyl (C=O) groups is 2. The van der Waals surface area contributed by atoms with Crippen molar-refractivity contribution < 1.29 is 28.6 Å². The van der Waals surface area contributed by atoms with Crippen molar-refractivity contribution in [3.63, 3.8) is 0 Å². The summed E-state index contributed by atoms with van der Waals surface area (Å²) in [6.45, 7) is 13.1. The molecule has 0 fully saturated rings. The first kappa shape index (κ1) is 46.7. The van der Waals surface area contributed by atoms with Crippen molar-refractivity contribution in [2.24, 2.45) is 0 Å². The fraction of sp³-hybridized carbons (Fsp3) is 0.488. The third-order valence-corrected chi connectivity index (χ3v) is 9.09. The lowest BCUT2D eigenvalue weighted by Gasteiger charge is -2.23. The van der Waals surface area contributed by atoms with E-state index in [0.717, 1.165) is 81.3 Å². The van der Waals surface area contributed by atoms with Gasteiger partial charge >= 0.3 is 5.97 Å². The van der Waals surface area contributed by atoms with Crippen LogP contribution in [0.4, 0.5) is 10.2 Å². The first-order valence-corrected chi connectivity index (χ1v) is 19.5. The van der Waals surface area contributed by atoms with E-state index in [-0.39, 0.29) is 40.2 Å². The third kappa shape index (κ3) is 16.0. The molecule has 4 aromatic rings. The van der Waals surface area contributed by atoms with Crippen LogP contribution in [0.25, 0.3) is 11.1 Å². The number of nitrogen functional groups attached to an aromatic ring is 1. The number of aromatic hydroxyl groups is 1. The lowest BCUT2D eigenvalue weighted by Crippen LogP contribution is -2.39. The minimum atomic E-state index is -0.782. The average molecular weight is 782 g/mol. The van der Waals surface area contributed by atoms with Crippen molar-refractivity contribution in [3.05, 3.63) is 89.1 Å². The van der Waals surface area contributed by atoms with Gasteiger partial charge in [0.05, 0.1) is 22.8 Å². The highest BCUT2D eigenvalue weighted by atomic mass is 35.5. The Morgan fingerprint density at radius 2 is 1.69 bits per heavy atom. The largest absolute Gasteiger partial charge is 0.507 e. The standard InChI is InChI=1S/C33H47ClFN5O4.C8H10.C2H4O/c1-7-12-24(13-10-8-9-11-14-26(37-6)32(42)44-33(3,4)5)40-20-23(19-39-40)22-17-28(31(36)38-18-22)43-21(2)29-27(41)16-15-25(35)30(29)34;1-2-8-6-4-3-5-7-8;1-2-3/h15-21,24,26,37,41H,7-14H2,1-6H3,(H2,36,38);3-7H,2H2,1H3;2H,1H3. The number of unbranched alkanes of at least 4 members (excludes halogenated alkanes) is 3. The molecule has 0 aliphatic carbocycles. The van der Waals surface area contributed by atoms with Gasteiger partial charge in [0.15, 0.2) is 11.6 Å². The molecule has 0 radical (unpaired) electrons. The van der Waals surface area contributed by atoms with Gasteiger partial charge in [-0.25, -0.2) is 9.37 Å². The molecule has 0 amide bonds. The topological polar surface area (TPSA) is 142 Å². The van der Waals surface area contributed by atoms with Crippen LogP contribution < -0.4 is 15.8 Å². The summed E-state index contributed by atoms with van der Waals surface area (Å²) in [6, 6.07) is 14.5. The number of hydrogen-bond donors (Lipinski definition) is 3. The molecule has 0 aliphatic heterocycles. The van der Waals surface area contributed by atoms with Gasteiger partial charge in [-0.05, 0) is 91.1 Å². The zero-order chi connectivity index (χ0) is 41.0. The number of carbonyl (C=O) groups excluding carboxylic acids is 2. The lowest BCUT2D eigenvalue weighted by atomic mass is 10.0. The van der Waals surface area contributed by atoms with Crippen molar-refractivity contribution in [2.75, 3.05) is 12.8 Å². The van der Waals surface area contributed by atoms with E-state index in [0.29, 0.717) is 5.75 Å². The number of pyridine rings is 1. The highest BCUT2D eigenvalue weighted by molar-refractivity contribution is 6.31. The zero-order valence-electron chi connectivity index (χ0n) is 33.8. The van der Waals surface area contributed by atoms with Gasteiger partial charge in [-0.3, -0.25) is 9.48 Å². The fourth-order valence-electron chi connectivity index (χ4n) is 5.88. The molecular weight excluding hydrogens is 721 g/mol. The maximum atomic E-state index is 14.0. The second kappa shape index (κ2) is 24.1. The number of likely N-dealkylation sites (N-methyl/N-ethyl adjacent to an activating group) is 1. The monoisotopic (exact) mass is 781 g/mol. The second-order valence-corrected chi connectivity index (χ2v) is 14.6. The Kier molecular flexibility index (Phi) is 20.5. The number of aldehydes is 1. The smallest absolute Gasteiger partial charge is 0.323 e. The molecule has 0 saturated heterocycles. The van der Waals surface area contributed by atoms with Gasteiger partial charge in [0, 0.05) is 23.5 Å². The second-order valence-electron chi connectivity index (χ2n) is 14.3. The first-order valence-electron chi connectivity index (χ1n) is 19.2. The Morgan fingerprint density at radius 3 is 2.27 bits per heavy atom. The SMILES string of the molecule is CC=O.CCCC(CCCCCCC(NC)C(=O)OC(C)(C)C)n1cc(-c2cnc(N)c(OC(C)c3c(O)ccc(F)c3Cl)c2)cn1.CCc1ccccc1. The van der Waals surface area contributed by atoms with E-state index in [9.17, 15) is 14.3 Å². The number of esters is 1. The molecule has 55 heavy (non-hydrogen) atoms. The summed E-state index contributed by atoms with van der Waals surface area (Å²) in [5, 5.41) is 17.8. The van der Waals surface area contributed by atoms with E-state index in [1.54, 1.807) is 32.4 Å². The number of aromatic nitrogens is 3. The summed E-state index contributed by atoms with van der Waals surface area (Å²) in [4.78, 5) is 25.5. The number of phenols is 1. The number of ether oxygens (including phenoxy) is 2. The molecule has 10 nitrogen and oxygen atoms in total. The van der Waals surface area contributed by atoms with E-state index >= 15 is 0 Å². The Hall–Kier alpha value is -4.48. The van der Waals surface area contributed by atoms with Crippen LogP contribution in [0.5, 0.6) is 11.5 Å². The number of nitrogens with one attached hydrogen (secondary N) is 1. The number of aryl methyl sites for hydroxylation is 1. The van der Waals surface area contributed by atoms with Gasteiger partial charge in [-0.2, -0.15) is 5.10 Å². The Labute approximate surface area is 332 Å². The molecule has 2 aromatic heterocycles. The average Bonchev–Trinajstić information content (AvgIpc) is 3.64. The van der Waals surface area contributed by atoms with Crippen molar-refractivity contribution in [1.29, 1.82) is 0 Å². The summed E-state index contributed by atoms with van der Waals surface area (Å²) in [7, 11) is 1.80. The van der Waals surface area contributed by atoms with E-state index in [4.69, 9.17) is 31.6 Å². The Morgan fingerprint density at radius 1 is 1.04 bits per heavy atom. The van der Waals surface area contributed by atoms with Crippen molar-refractivity contribution in [2.45, 2.75) is 130 Å². The quantitative estimate of drug-likeness (QED) is 0.0542. The fourth-order valence-corrected chi connectivity index (χ4v) is 6.19. The Bertz CT molecular complexity index is 1730. The third-order valence-electron chi connectivity index (χ3n) is 8.70. The van der Waals surface area contributed by atoms with Crippen molar-refractivity contribution in [3.8, 4) is 22.6 Å². The zero-order valence-corrected chi connectivity index (χ0v) is 34.5. The maximum Gasteiger partial charge on any atom is 0.323 e. The minimum Gasteiger partial charge on any atom is -0.507 e. The first-order chi connectivity index (χ1) is 26.2. The molecule has 0 bridgehead atoms. The van der Waals surface area contributed by atoms with Gasteiger partial charge in [0.2, 0.25) is 0 Å². The molecule has 302 valence electrons. The molecule has 0 aliphatic rings. The van der Waals surface area contributed by atoms with Crippen LogP contribution >= 0.6 is 11.6 Å². The minimum absolute atomic E-state index is 0.136. The number of benzene rings is 2. The molecule has 2 aromatic carbocycles. The van der Waals surface area contributed by atoms with Gasteiger partial charge in [-0.1, -0.05) is 87.9 Å². The van der Waals surface area contributed by atoms with Crippen LogP contribution in [-0.4, -0.2) is 50.8 Å². The molecule has 0 saturated carbocycles. The van der Waals surface area contributed by atoms with Gasteiger partial charge in [0.25, 0.3) is 0 Å². The van der Waals surface area contributed by atoms with E-state index in [2.05, 4.69) is 53.5 Å². The molecular formula is C43H61ClFN5O5. The number of anilines is 1. The van der Waals surface area contributed by atoms with Gasteiger partial charge in [-0.15, -0.1) is 0 Å². The van der Waals surface area contributed by atoms with E-state index < -0.39 is 17.5 Å². The lowest BCUT2D eigenvalue weighted by molar-refractivity contribution is -0.157. The highest BCUT2D eigenvalue weighted by Crippen LogP contribution is 2.38. The molecule has 0 spiro atoms. The molecule has 3 unspecified atom stereocenters. The predicted octanol–water partition coefficient (Wildman–Crippen LogP) is 10.2. The van der Waals surface area contributed by atoms with Crippen LogP contribution in [0.1, 0.15) is 123 Å². The molecule has 4 rings (SSSR count). The van der Waals surface area contributed by atoms with Crippen LogP contribution in [0.15, 0.2) is 67.1 Å². The summed E-state index contributed by atoms with van der Waals surface area (Å²) in [5.74, 6) is -0.560.